The number of carbonyl (C=O) groups is 1. The first-order valence-electron chi connectivity index (χ1n) is 12.0. The van der Waals surface area contributed by atoms with Gasteiger partial charge in [0.05, 0.1) is 15.9 Å². The normalized spacial score (nSPS) is 11.8. The third-order valence-corrected chi connectivity index (χ3v) is 8.00. The lowest BCUT2D eigenvalue weighted by molar-refractivity contribution is 0.102. The van der Waals surface area contributed by atoms with E-state index in [1.807, 2.05) is 32.0 Å². The van der Waals surface area contributed by atoms with E-state index in [2.05, 4.69) is 5.32 Å². The number of carbonyl (C=O) groups excluding carboxylic acids is 1. The van der Waals surface area contributed by atoms with E-state index in [-0.39, 0.29) is 26.7 Å². The summed E-state index contributed by atoms with van der Waals surface area (Å²) in [6.07, 6.45) is 1.56. The highest BCUT2D eigenvalue weighted by Gasteiger charge is 2.32. The minimum atomic E-state index is -4.12. The number of halogens is 1. The van der Waals surface area contributed by atoms with Gasteiger partial charge in [-0.1, -0.05) is 43.2 Å². The number of nitrogens with zero attached hydrogens (tertiary/aromatic N) is 3. The maximum absolute atomic E-state index is 14.1. The number of anilines is 1. The third-order valence-electron chi connectivity index (χ3n) is 6.18. The summed E-state index contributed by atoms with van der Waals surface area (Å²) in [4.78, 5) is 22.7. The molecule has 2 aromatic heterocycles. The molecule has 3 aromatic carbocycles. The molecule has 0 aliphatic rings. The van der Waals surface area contributed by atoms with Crippen LogP contribution in [0.25, 0.3) is 22.2 Å². The number of rotatable bonds is 7. The number of para-hydroxylation sites is 2. The summed E-state index contributed by atoms with van der Waals surface area (Å²) in [6, 6.07) is 18.8. The van der Waals surface area contributed by atoms with Gasteiger partial charge in [0.25, 0.3) is 5.91 Å². The van der Waals surface area contributed by atoms with Crippen LogP contribution >= 0.6 is 0 Å². The van der Waals surface area contributed by atoms with Crippen LogP contribution in [0.5, 0.6) is 0 Å². The van der Waals surface area contributed by atoms with Crippen molar-refractivity contribution in [3.05, 3.63) is 89.7 Å². The van der Waals surface area contributed by atoms with Crippen molar-refractivity contribution in [2.45, 2.75) is 43.0 Å². The first-order valence-corrected chi connectivity index (χ1v) is 13.5. The van der Waals surface area contributed by atoms with Gasteiger partial charge in [0, 0.05) is 12.1 Å². The van der Waals surface area contributed by atoms with Gasteiger partial charge in [-0.05, 0) is 61.9 Å². The second-order valence-electron chi connectivity index (χ2n) is 8.84. The molecule has 188 valence electrons. The van der Waals surface area contributed by atoms with Crippen molar-refractivity contribution in [1.29, 1.82) is 0 Å². The molecule has 5 aromatic rings. The molecule has 0 unspecified atom stereocenters. The largest absolute Gasteiger partial charge is 0.309 e. The molecule has 0 radical (unpaired) electrons. The fourth-order valence-corrected chi connectivity index (χ4v) is 5.74. The minimum absolute atomic E-state index is 0.0832. The summed E-state index contributed by atoms with van der Waals surface area (Å²) in [7, 11) is -4.12. The van der Waals surface area contributed by atoms with Gasteiger partial charge in [-0.15, -0.1) is 0 Å². The van der Waals surface area contributed by atoms with Gasteiger partial charge in [0.15, 0.2) is 5.65 Å². The Morgan fingerprint density at radius 1 is 0.946 bits per heavy atom. The van der Waals surface area contributed by atoms with Crippen LogP contribution in [-0.2, 0) is 16.4 Å². The lowest BCUT2D eigenvalue weighted by Gasteiger charge is -2.13. The third kappa shape index (κ3) is 4.58. The Morgan fingerprint density at radius 2 is 1.59 bits per heavy atom. The molecule has 1 N–H and O–H groups in total. The average Bonchev–Trinajstić information content (AvgIpc) is 3.18. The van der Waals surface area contributed by atoms with Gasteiger partial charge in [0.1, 0.15) is 22.0 Å². The molecule has 0 bridgehead atoms. The highest BCUT2D eigenvalue weighted by Crippen LogP contribution is 2.37. The lowest BCUT2D eigenvalue weighted by Crippen LogP contribution is -2.18. The molecule has 0 fully saturated rings. The zero-order valence-electron chi connectivity index (χ0n) is 20.4. The number of nitrogens with one attached hydrogen (secondary N) is 1. The molecule has 0 atom stereocenters. The van der Waals surface area contributed by atoms with Crippen LogP contribution < -0.4 is 5.32 Å². The van der Waals surface area contributed by atoms with Crippen molar-refractivity contribution in [3.63, 3.8) is 0 Å². The molecule has 0 saturated carbocycles. The Morgan fingerprint density at radius 3 is 2.24 bits per heavy atom. The fourth-order valence-electron chi connectivity index (χ4n) is 4.20. The van der Waals surface area contributed by atoms with Gasteiger partial charge in [-0.25, -0.2) is 22.8 Å². The summed E-state index contributed by atoms with van der Waals surface area (Å²) < 4.78 is 43.3. The van der Waals surface area contributed by atoms with E-state index in [0.717, 1.165) is 18.4 Å². The Labute approximate surface area is 213 Å². The SMILES string of the molecule is CCCCn1c(NC(=O)c2ccc(F)cc2)c(S(=O)(=O)c2ccc(C)cc2)c2nc3ccccc3nc21. The van der Waals surface area contributed by atoms with Crippen molar-refractivity contribution in [2.24, 2.45) is 0 Å². The van der Waals surface area contributed by atoms with Gasteiger partial charge >= 0.3 is 0 Å². The standard InChI is InChI=1S/C28H25FN4O3S/c1-3-4-17-33-26-24(30-22-7-5-6-8-23(22)31-26)25(37(35,36)21-15-9-18(2)10-16-21)27(33)32-28(34)19-11-13-20(29)14-12-19/h5-16H,3-4,17H2,1-2H3,(H,32,34). The molecule has 0 aliphatic heterocycles. The summed E-state index contributed by atoms with van der Waals surface area (Å²) >= 11 is 0. The van der Waals surface area contributed by atoms with Crippen molar-refractivity contribution >= 4 is 43.8 Å². The summed E-state index contributed by atoms with van der Waals surface area (Å²) in [5.41, 5.74) is 2.82. The van der Waals surface area contributed by atoms with E-state index in [4.69, 9.17) is 9.97 Å². The van der Waals surface area contributed by atoms with Gasteiger partial charge in [-0.3, -0.25) is 4.79 Å². The molecule has 37 heavy (non-hydrogen) atoms. The van der Waals surface area contributed by atoms with Crippen LogP contribution in [0.3, 0.4) is 0 Å². The first kappa shape index (κ1) is 24.6. The second kappa shape index (κ2) is 9.74. The number of aryl methyl sites for hydroxylation is 2. The number of hydrogen-bond donors (Lipinski definition) is 1. The van der Waals surface area contributed by atoms with E-state index in [0.29, 0.717) is 23.2 Å². The summed E-state index contributed by atoms with van der Waals surface area (Å²) in [6.45, 7) is 4.31. The van der Waals surface area contributed by atoms with Gasteiger partial charge in [0.2, 0.25) is 9.84 Å². The van der Waals surface area contributed by atoms with Crippen molar-refractivity contribution in [3.8, 4) is 0 Å². The summed E-state index contributed by atoms with van der Waals surface area (Å²) in [5, 5.41) is 2.80. The zero-order chi connectivity index (χ0) is 26.2. The monoisotopic (exact) mass is 516 g/mol. The minimum Gasteiger partial charge on any atom is -0.309 e. The average molecular weight is 517 g/mol. The van der Waals surface area contributed by atoms with Crippen LogP contribution in [0, 0.1) is 12.7 Å². The Bertz CT molecular complexity index is 1730. The van der Waals surface area contributed by atoms with Crippen molar-refractivity contribution in [2.75, 3.05) is 5.32 Å². The van der Waals surface area contributed by atoms with Crippen molar-refractivity contribution in [1.82, 2.24) is 14.5 Å². The van der Waals surface area contributed by atoms with Crippen LogP contribution in [0.1, 0.15) is 35.7 Å². The molecule has 0 aliphatic carbocycles. The Kier molecular flexibility index (Phi) is 6.47. The van der Waals surface area contributed by atoms with Gasteiger partial charge in [-0.2, -0.15) is 0 Å². The number of fused-ring (bicyclic) bond motifs is 2. The molecule has 5 rings (SSSR count). The number of benzene rings is 3. The molecule has 0 saturated heterocycles. The number of aromatic nitrogens is 3. The molecular weight excluding hydrogens is 491 g/mol. The highest BCUT2D eigenvalue weighted by molar-refractivity contribution is 7.92. The first-order chi connectivity index (χ1) is 17.8. The molecule has 0 spiro atoms. The second-order valence-corrected chi connectivity index (χ2v) is 10.7. The number of hydrogen-bond acceptors (Lipinski definition) is 5. The van der Waals surface area contributed by atoms with Crippen molar-refractivity contribution < 1.29 is 17.6 Å². The molecule has 2 heterocycles. The van der Waals surface area contributed by atoms with E-state index in [1.54, 1.807) is 34.9 Å². The molecule has 1 amide bonds. The molecule has 9 heteroatoms. The van der Waals surface area contributed by atoms with E-state index in [9.17, 15) is 17.6 Å². The molecular formula is C28H25FN4O3S. The van der Waals surface area contributed by atoms with Gasteiger partial charge < -0.3 is 9.88 Å². The zero-order valence-corrected chi connectivity index (χ0v) is 21.2. The quantitative estimate of drug-likeness (QED) is 0.290. The van der Waals surface area contributed by atoms with E-state index < -0.39 is 21.6 Å². The fraction of sp³-hybridized carbons (Fsp3) is 0.179. The van der Waals surface area contributed by atoms with Crippen LogP contribution in [0.2, 0.25) is 0 Å². The van der Waals surface area contributed by atoms with E-state index in [1.165, 1.54) is 24.3 Å². The summed E-state index contributed by atoms with van der Waals surface area (Å²) in [5.74, 6) is -0.949. The maximum atomic E-state index is 14.1. The van der Waals surface area contributed by atoms with Crippen LogP contribution in [0.15, 0.2) is 82.6 Å². The Hall–Kier alpha value is -4.11. The smallest absolute Gasteiger partial charge is 0.256 e. The predicted molar refractivity (Wildman–Crippen MR) is 141 cm³/mol. The lowest BCUT2D eigenvalue weighted by atomic mass is 10.2. The number of amides is 1. The predicted octanol–water partition coefficient (Wildman–Crippen LogP) is 5.92. The number of unbranched alkanes of at least 4 members (excludes halogenated alkanes) is 1. The molecule has 7 nitrogen and oxygen atoms in total. The number of sulfone groups is 1. The topological polar surface area (TPSA) is 94.0 Å². The van der Waals surface area contributed by atoms with Crippen LogP contribution in [-0.4, -0.2) is 28.9 Å². The Balaban J connectivity index is 1.80. The van der Waals surface area contributed by atoms with Crippen LogP contribution in [0.4, 0.5) is 10.2 Å². The maximum Gasteiger partial charge on any atom is 0.256 e. The van der Waals surface area contributed by atoms with E-state index >= 15 is 0 Å². The highest BCUT2D eigenvalue weighted by atomic mass is 32.2.